The van der Waals surface area contributed by atoms with Crippen LogP contribution in [0.3, 0.4) is 0 Å². The zero-order valence-electron chi connectivity index (χ0n) is 29.2. The lowest BCUT2D eigenvalue weighted by Gasteiger charge is -2.37. The number of aromatic nitrogens is 5. The molecule has 0 aliphatic carbocycles. The highest BCUT2D eigenvalue weighted by molar-refractivity contribution is 5.89. The molecule has 1 fully saturated rings. The highest BCUT2D eigenvalue weighted by Gasteiger charge is 2.27. The molecule has 0 bridgehead atoms. The summed E-state index contributed by atoms with van der Waals surface area (Å²) in [7, 11) is 0. The Kier molecular flexibility index (Phi) is 9.69. The summed E-state index contributed by atoms with van der Waals surface area (Å²) in [6.45, 7) is 20.0. The van der Waals surface area contributed by atoms with Crippen molar-refractivity contribution in [3.05, 3.63) is 71.3 Å². The maximum absolute atomic E-state index is 12.8. The van der Waals surface area contributed by atoms with Crippen LogP contribution in [0.2, 0.25) is 0 Å². The van der Waals surface area contributed by atoms with Gasteiger partial charge in [0.1, 0.15) is 23.6 Å². The van der Waals surface area contributed by atoms with Gasteiger partial charge in [0.05, 0.1) is 23.6 Å². The van der Waals surface area contributed by atoms with Gasteiger partial charge in [-0.15, -0.1) is 0 Å². The molecule has 2 N–H and O–H groups in total. The number of benzene rings is 1. The summed E-state index contributed by atoms with van der Waals surface area (Å²) in [5.41, 5.74) is 4.87. The van der Waals surface area contributed by atoms with Crippen molar-refractivity contribution in [3.63, 3.8) is 0 Å². The van der Waals surface area contributed by atoms with E-state index in [-0.39, 0.29) is 23.4 Å². The van der Waals surface area contributed by atoms with Crippen LogP contribution >= 0.6 is 0 Å². The van der Waals surface area contributed by atoms with E-state index in [4.69, 9.17) is 9.26 Å². The monoisotopic (exact) mass is 655 g/mol. The van der Waals surface area contributed by atoms with E-state index in [2.05, 4.69) is 40.6 Å². The first-order chi connectivity index (χ1) is 22.6. The Balaban J connectivity index is 1.21. The van der Waals surface area contributed by atoms with Gasteiger partial charge in [-0.25, -0.2) is 19.7 Å². The van der Waals surface area contributed by atoms with Gasteiger partial charge >= 0.3 is 17.9 Å². The van der Waals surface area contributed by atoms with Crippen LogP contribution in [0.1, 0.15) is 87.7 Å². The molecule has 0 saturated carbocycles. The number of anilines is 3. The number of pyridine rings is 1. The third-order valence-corrected chi connectivity index (χ3v) is 7.95. The first-order valence-electron chi connectivity index (χ1n) is 16.1. The summed E-state index contributed by atoms with van der Waals surface area (Å²) in [5, 5.41) is 10.2. The van der Waals surface area contributed by atoms with Crippen molar-refractivity contribution >= 4 is 29.3 Å². The molecule has 254 valence electrons. The minimum atomic E-state index is -0.514. The molecule has 4 aromatic rings. The average molecular weight is 656 g/mol. The number of hydrogen-bond donors (Lipinski definition) is 2. The molecule has 3 aromatic heterocycles. The van der Waals surface area contributed by atoms with E-state index in [9.17, 15) is 9.59 Å². The number of rotatable bonds is 7. The molecule has 2 amide bonds. The zero-order valence-corrected chi connectivity index (χ0v) is 29.2. The molecule has 1 atom stereocenters. The predicted octanol–water partition coefficient (Wildman–Crippen LogP) is 6.13. The van der Waals surface area contributed by atoms with Gasteiger partial charge in [-0.1, -0.05) is 38.1 Å². The lowest BCUT2D eigenvalue weighted by molar-refractivity contribution is 0.0240. The number of amides is 2. The molecule has 0 spiro atoms. The Morgan fingerprint density at radius 1 is 0.917 bits per heavy atom. The second kappa shape index (κ2) is 13.6. The second-order valence-corrected chi connectivity index (χ2v) is 14.2. The SMILES string of the molecule is Cc1cc(-c2cc(Nc3cc(C)c(N4CCN(C(=O)OC(C)(C)C)CC4)cn3)ncn2)ccc1[C@@H](C)NC(=O)c1nc(C(C)(C)C)no1. The lowest BCUT2D eigenvalue weighted by Crippen LogP contribution is -2.50. The quantitative estimate of drug-likeness (QED) is 0.237. The fourth-order valence-electron chi connectivity index (χ4n) is 5.40. The normalized spacial score (nSPS) is 14.4. The van der Waals surface area contributed by atoms with Crippen LogP contribution in [0.15, 0.2) is 47.4 Å². The van der Waals surface area contributed by atoms with Crippen LogP contribution in [0.5, 0.6) is 0 Å². The first kappa shape index (κ1) is 34.3. The number of carbonyl (C=O) groups is 2. The smallest absolute Gasteiger partial charge is 0.410 e. The number of nitrogens with one attached hydrogen (secondary N) is 2. The van der Waals surface area contributed by atoms with E-state index in [0.717, 1.165) is 33.6 Å². The van der Waals surface area contributed by atoms with Gasteiger partial charge in [-0.2, -0.15) is 4.98 Å². The Hall–Kier alpha value is -5.07. The van der Waals surface area contributed by atoms with Crippen LogP contribution < -0.4 is 15.5 Å². The zero-order chi connectivity index (χ0) is 34.8. The molecular weight excluding hydrogens is 610 g/mol. The van der Waals surface area contributed by atoms with Gasteiger partial charge < -0.3 is 29.7 Å². The number of hydrogen-bond acceptors (Lipinski definition) is 11. The molecule has 13 heteroatoms. The molecule has 13 nitrogen and oxygen atoms in total. The standard InChI is InChI=1S/C35H45N9O4/c1-21-16-24(10-11-25(21)23(3)39-30(45)31-41-32(42-48-31)34(4,5)6)26-18-29(38-20-37-26)40-28-17-22(2)27(19-36-28)43-12-14-44(15-13-43)33(46)47-35(7,8)9/h10-11,16-20,23H,12-15H2,1-9H3,(H,39,45)(H,36,37,38,40)/t23-/m1/s1. The van der Waals surface area contributed by atoms with E-state index < -0.39 is 11.5 Å². The summed E-state index contributed by atoms with van der Waals surface area (Å²) in [6, 6.07) is 9.57. The molecule has 0 unspecified atom stereocenters. The Morgan fingerprint density at radius 2 is 1.62 bits per heavy atom. The fraction of sp³-hybridized carbons (Fsp3) is 0.457. The van der Waals surface area contributed by atoms with E-state index in [1.54, 1.807) is 4.90 Å². The number of nitrogens with zero attached hydrogens (tertiary/aromatic N) is 7. The van der Waals surface area contributed by atoms with Crippen LogP contribution in [0.4, 0.5) is 22.1 Å². The molecule has 48 heavy (non-hydrogen) atoms. The number of ether oxygens (including phenoxy) is 1. The van der Waals surface area contributed by atoms with Gasteiger partial charge in [0.2, 0.25) is 0 Å². The van der Waals surface area contributed by atoms with E-state index in [1.807, 2.05) is 98.8 Å². The third-order valence-electron chi connectivity index (χ3n) is 7.95. The Labute approximate surface area is 281 Å². The Morgan fingerprint density at radius 3 is 2.25 bits per heavy atom. The van der Waals surface area contributed by atoms with Crippen LogP contribution in [-0.4, -0.2) is 73.8 Å². The second-order valence-electron chi connectivity index (χ2n) is 14.2. The maximum atomic E-state index is 12.8. The molecule has 1 aliphatic heterocycles. The molecule has 4 heterocycles. The van der Waals surface area contributed by atoms with E-state index in [1.165, 1.54) is 6.33 Å². The summed E-state index contributed by atoms with van der Waals surface area (Å²) in [6.07, 6.45) is 3.10. The minimum absolute atomic E-state index is 0.0560. The highest BCUT2D eigenvalue weighted by atomic mass is 16.6. The average Bonchev–Trinajstić information content (AvgIpc) is 3.52. The highest BCUT2D eigenvalue weighted by Crippen LogP contribution is 2.28. The van der Waals surface area contributed by atoms with Crippen molar-refractivity contribution in [1.82, 2.24) is 35.3 Å². The molecule has 1 aromatic carbocycles. The van der Waals surface area contributed by atoms with Crippen LogP contribution in [0.25, 0.3) is 11.3 Å². The summed E-state index contributed by atoms with van der Waals surface area (Å²) < 4.78 is 10.7. The van der Waals surface area contributed by atoms with Gasteiger partial charge in [0.25, 0.3) is 0 Å². The van der Waals surface area contributed by atoms with E-state index in [0.29, 0.717) is 43.6 Å². The molecule has 1 saturated heterocycles. The first-order valence-corrected chi connectivity index (χ1v) is 16.1. The Bertz CT molecular complexity index is 1780. The summed E-state index contributed by atoms with van der Waals surface area (Å²) >= 11 is 0. The van der Waals surface area contributed by atoms with Crippen molar-refractivity contribution in [2.24, 2.45) is 0 Å². The van der Waals surface area contributed by atoms with Crippen molar-refractivity contribution in [2.75, 3.05) is 36.4 Å². The number of carbonyl (C=O) groups excluding carboxylic acids is 2. The third kappa shape index (κ3) is 8.25. The lowest BCUT2D eigenvalue weighted by atomic mass is 9.96. The van der Waals surface area contributed by atoms with Gasteiger partial charge in [-0.3, -0.25) is 4.79 Å². The molecular formula is C35H45N9O4. The van der Waals surface area contributed by atoms with Crippen molar-refractivity contribution < 1.29 is 18.8 Å². The number of piperazine rings is 1. The topological polar surface area (TPSA) is 152 Å². The van der Waals surface area contributed by atoms with Crippen LogP contribution in [0, 0.1) is 13.8 Å². The maximum Gasteiger partial charge on any atom is 0.410 e. The molecule has 5 rings (SSSR count). The largest absolute Gasteiger partial charge is 0.444 e. The van der Waals surface area contributed by atoms with Gasteiger partial charge in [0.15, 0.2) is 5.82 Å². The van der Waals surface area contributed by atoms with Crippen LogP contribution in [-0.2, 0) is 10.2 Å². The van der Waals surface area contributed by atoms with Gasteiger partial charge in [-0.05, 0) is 70.4 Å². The molecule has 1 aliphatic rings. The fourth-order valence-corrected chi connectivity index (χ4v) is 5.40. The minimum Gasteiger partial charge on any atom is -0.444 e. The van der Waals surface area contributed by atoms with Crippen molar-refractivity contribution in [1.29, 1.82) is 0 Å². The van der Waals surface area contributed by atoms with E-state index >= 15 is 0 Å². The number of aryl methyl sites for hydroxylation is 2. The summed E-state index contributed by atoms with van der Waals surface area (Å²) in [4.78, 5) is 47.0. The van der Waals surface area contributed by atoms with Crippen molar-refractivity contribution in [2.45, 2.75) is 79.4 Å². The predicted molar refractivity (Wildman–Crippen MR) is 183 cm³/mol. The van der Waals surface area contributed by atoms with Crippen molar-refractivity contribution in [3.8, 4) is 11.3 Å². The summed E-state index contributed by atoms with van der Waals surface area (Å²) in [5.74, 6) is 1.29. The van der Waals surface area contributed by atoms with Gasteiger partial charge in [0, 0.05) is 43.2 Å². The molecule has 0 radical (unpaired) electrons.